The van der Waals surface area contributed by atoms with Gasteiger partial charge in [0.2, 0.25) is 0 Å². The molecule has 0 aromatic heterocycles. The number of allylic oxidation sites excluding steroid dienone is 1. The van der Waals surface area contributed by atoms with Crippen LogP contribution in [0.3, 0.4) is 0 Å². The number of nitrogens with zero attached hydrogens (tertiary/aromatic N) is 2. The molecule has 0 saturated carbocycles. The van der Waals surface area contributed by atoms with Gasteiger partial charge in [0.15, 0.2) is 0 Å². The molecule has 2 heteroatoms. The lowest BCUT2D eigenvalue weighted by molar-refractivity contribution is 0.699. The summed E-state index contributed by atoms with van der Waals surface area (Å²) in [5, 5.41) is 0. The van der Waals surface area contributed by atoms with Crippen LogP contribution in [-0.2, 0) is 0 Å². The molecule has 1 aliphatic heterocycles. The van der Waals surface area contributed by atoms with Gasteiger partial charge < -0.3 is 0 Å². The Labute approximate surface area is 60.7 Å². The van der Waals surface area contributed by atoms with E-state index in [9.17, 15) is 0 Å². The van der Waals surface area contributed by atoms with Crippen molar-refractivity contribution in [1.29, 1.82) is 0 Å². The van der Waals surface area contributed by atoms with Gasteiger partial charge in [-0.05, 0) is 11.9 Å². The second-order valence-corrected chi connectivity index (χ2v) is 2.80. The van der Waals surface area contributed by atoms with E-state index in [0.29, 0.717) is 0 Å². The first-order chi connectivity index (χ1) is 4.71. The summed E-state index contributed by atoms with van der Waals surface area (Å²) in [6.45, 7) is 4.11. The second-order valence-electron chi connectivity index (χ2n) is 2.80. The Balaban J connectivity index is 2.92. The molecule has 0 bridgehead atoms. The minimum atomic E-state index is -0.0196. The molecule has 2 nitrogen and oxygen atoms in total. The Hall–Kier alpha value is -1.14. The summed E-state index contributed by atoms with van der Waals surface area (Å²) in [5.41, 5.74) is -0.0196. The minimum absolute atomic E-state index is 0.0196. The van der Waals surface area contributed by atoms with E-state index in [2.05, 4.69) is 29.7 Å². The van der Waals surface area contributed by atoms with E-state index in [4.69, 9.17) is 0 Å². The van der Waals surface area contributed by atoms with E-state index in [0.717, 1.165) is 0 Å². The lowest BCUT2D eigenvalue weighted by Crippen LogP contribution is -2.08. The summed E-state index contributed by atoms with van der Waals surface area (Å²) in [6, 6.07) is 0. The normalized spacial score (nSPS) is 20.6. The molecule has 1 rings (SSSR count). The van der Waals surface area contributed by atoms with E-state index in [1.54, 1.807) is 12.4 Å². The third-order valence-corrected chi connectivity index (χ3v) is 1.15. The lowest BCUT2D eigenvalue weighted by atomic mass is 9.96. The van der Waals surface area contributed by atoms with E-state index >= 15 is 0 Å². The maximum absolute atomic E-state index is 4.01. The molecule has 10 heavy (non-hydrogen) atoms. The average Bonchev–Trinajstić information content (AvgIpc) is 1.81. The summed E-state index contributed by atoms with van der Waals surface area (Å²) in [4.78, 5) is 7.84. The molecule has 0 amide bonds. The third kappa shape index (κ3) is 2.00. The molecule has 0 N–H and O–H groups in total. The van der Waals surface area contributed by atoms with E-state index in [1.807, 2.05) is 12.3 Å². The fourth-order valence-corrected chi connectivity index (χ4v) is 0.591. The van der Waals surface area contributed by atoms with Crippen molar-refractivity contribution in [3.8, 4) is 0 Å². The maximum atomic E-state index is 4.01. The van der Waals surface area contributed by atoms with Gasteiger partial charge in [-0.2, -0.15) is 0 Å². The van der Waals surface area contributed by atoms with Gasteiger partial charge in [0.25, 0.3) is 0 Å². The SMILES string of the molecule is CC1(C)C=C=NC=CN=C1. The van der Waals surface area contributed by atoms with Gasteiger partial charge in [-0.25, -0.2) is 4.99 Å². The first-order valence-corrected chi connectivity index (χ1v) is 3.20. The highest BCUT2D eigenvalue weighted by Crippen LogP contribution is 2.12. The largest absolute Gasteiger partial charge is 0.267 e. The Bertz CT molecular complexity index is 228. The molecule has 1 heterocycles. The predicted octanol–water partition coefficient (Wildman–Crippen LogP) is 1.79. The molecule has 0 aromatic rings. The summed E-state index contributed by atoms with van der Waals surface area (Å²) in [6.07, 6.45) is 7.02. The zero-order valence-corrected chi connectivity index (χ0v) is 6.20. The van der Waals surface area contributed by atoms with Crippen LogP contribution in [-0.4, -0.2) is 12.1 Å². The van der Waals surface area contributed by atoms with Crippen LogP contribution < -0.4 is 0 Å². The van der Waals surface area contributed by atoms with Gasteiger partial charge in [0.1, 0.15) is 0 Å². The number of aliphatic imine (C=N–C) groups is 2. The highest BCUT2D eigenvalue weighted by atomic mass is 14.7. The van der Waals surface area contributed by atoms with Crippen LogP contribution in [0.2, 0.25) is 0 Å². The van der Waals surface area contributed by atoms with Crippen LogP contribution in [0.25, 0.3) is 0 Å². The number of hydrogen-bond acceptors (Lipinski definition) is 2. The van der Waals surface area contributed by atoms with Crippen LogP contribution in [0.5, 0.6) is 0 Å². The van der Waals surface area contributed by atoms with Crippen molar-refractivity contribution in [2.24, 2.45) is 15.4 Å². The van der Waals surface area contributed by atoms with Crippen molar-refractivity contribution in [3.05, 3.63) is 18.5 Å². The standard InChI is InChI=1S/C8H10N2/c1-8(2)3-4-9-5-6-10-7-8/h3,5-7H,1-2H3. The Morgan fingerprint density at radius 1 is 1.30 bits per heavy atom. The van der Waals surface area contributed by atoms with Crippen molar-refractivity contribution < 1.29 is 0 Å². The van der Waals surface area contributed by atoms with E-state index in [1.165, 1.54) is 0 Å². The van der Waals surface area contributed by atoms with Crippen molar-refractivity contribution >= 4 is 12.1 Å². The average molecular weight is 134 g/mol. The van der Waals surface area contributed by atoms with Crippen molar-refractivity contribution in [2.45, 2.75) is 13.8 Å². The number of hydrogen-bond donors (Lipinski definition) is 0. The van der Waals surface area contributed by atoms with Crippen molar-refractivity contribution in [2.75, 3.05) is 0 Å². The quantitative estimate of drug-likeness (QED) is 0.482. The summed E-state index contributed by atoms with van der Waals surface area (Å²) in [7, 11) is 0. The van der Waals surface area contributed by atoms with Crippen LogP contribution in [0.15, 0.2) is 28.5 Å². The molecule has 0 fully saturated rings. The predicted molar refractivity (Wildman–Crippen MR) is 43.4 cm³/mol. The highest BCUT2D eigenvalue weighted by Gasteiger charge is 2.09. The Morgan fingerprint density at radius 3 is 2.90 bits per heavy atom. The zero-order valence-electron chi connectivity index (χ0n) is 6.20. The van der Waals surface area contributed by atoms with E-state index in [-0.39, 0.29) is 5.41 Å². The monoisotopic (exact) mass is 134 g/mol. The lowest BCUT2D eigenvalue weighted by Gasteiger charge is -2.10. The summed E-state index contributed by atoms with van der Waals surface area (Å²) >= 11 is 0. The van der Waals surface area contributed by atoms with Gasteiger partial charge in [-0.1, -0.05) is 13.8 Å². The molecule has 0 aromatic carbocycles. The topological polar surface area (TPSA) is 24.7 Å². The van der Waals surface area contributed by atoms with Gasteiger partial charge in [0.05, 0.1) is 6.20 Å². The number of rotatable bonds is 0. The Kier molecular flexibility index (Phi) is 1.83. The van der Waals surface area contributed by atoms with Crippen molar-refractivity contribution in [1.82, 2.24) is 0 Å². The molecule has 0 spiro atoms. The van der Waals surface area contributed by atoms with Crippen LogP contribution >= 0.6 is 0 Å². The van der Waals surface area contributed by atoms with Crippen molar-refractivity contribution in [3.63, 3.8) is 0 Å². The van der Waals surface area contributed by atoms with Gasteiger partial charge in [0, 0.05) is 17.8 Å². The fourth-order valence-electron chi connectivity index (χ4n) is 0.591. The summed E-state index contributed by atoms with van der Waals surface area (Å²) in [5.74, 6) is 2.80. The molecular formula is C8H10N2. The molecule has 0 aliphatic carbocycles. The smallest absolute Gasteiger partial charge is 0.0550 e. The minimum Gasteiger partial charge on any atom is -0.267 e. The first kappa shape index (κ1) is 6.97. The molecule has 1 aliphatic rings. The van der Waals surface area contributed by atoms with Crippen LogP contribution in [0.4, 0.5) is 0 Å². The zero-order chi connectivity index (χ0) is 7.45. The second kappa shape index (κ2) is 2.63. The first-order valence-electron chi connectivity index (χ1n) is 3.20. The molecule has 0 radical (unpaired) electrons. The van der Waals surface area contributed by atoms with E-state index < -0.39 is 0 Å². The Morgan fingerprint density at radius 2 is 2.10 bits per heavy atom. The van der Waals surface area contributed by atoms with Gasteiger partial charge >= 0.3 is 0 Å². The highest BCUT2D eigenvalue weighted by molar-refractivity contribution is 5.73. The fraction of sp³-hybridized carbons (Fsp3) is 0.375. The van der Waals surface area contributed by atoms with Gasteiger partial charge in [-0.15, -0.1) is 0 Å². The van der Waals surface area contributed by atoms with Gasteiger partial charge in [-0.3, -0.25) is 4.99 Å². The summed E-state index contributed by atoms with van der Waals surface area (Å²) < 4.78 is 0. The third-order valence-electron chi connectivity index (χ3n) is 1.15. The molecular weight excluding hydrogens is 124 g/mol. The van der Waals surface area contributed by atoms with Crippen LogP contribution in [0.1, 0.15) is 13.8 Å². The molecule has 0 saturated heterocycles. The molecule has 52 valence electrons. The maximum Gasteiger partial charge on any atom is 0.0550 e. The molecule has 0 atom stereocenters. The molecule has 0 unspecified atom stereocenters. The van der Waals surface area contributed by atoms with Crippen LogP contribution in [0, 0.1) is 5.41 Å².